The summed E-state index contributed by atoms with van der Waals surface area (Å²) in [6.07, 6.45) is 3.97. The van der Waals surface area contributed by atoms with E-state index < -0.39 is 0 Å². The van der Waals surface area contributed by atoms with Crippen molar-refractivity contribution in [1.82, 2.24) is 0 Å². The van der Waals surface area contributed by atoms with Crippen LogP contribution in [0.5, 0.6) is 0 Å². The fourth-order valence-corrected chi connectivity index (χ4v) is 2.68. The van der Waals surface area contributed by atoms with Crippen molar-refractivity contribution < 1.29 is 0 Å². The molecular weight excluding hydrogens is 300 g/mol. The van der Waals surface area contributed by atoms with Gasteiger partial charge in [-0.15, -0.1) is 0 Å². The first-order chi connectivity index (χ1) is 11.8. The molecule has 1 aliphatic carbocycles. The van der Waals surface area contributed by atoms with Crippen molar-refractivity contribution in [1.29, 1.82) is 0 Å². The van der Waals surface area contributed by atoms with Gasteiger partial charge in [0.15, 0.2) is 0 Å². The van der Waals surface area contributed by atoms with Gasteiger partial charge in [-0.3, -0.25) is 0 Å². The first-order valence-electron chi connectivity index (χ1n) is 9.91. The number of benzene rings is 1. The molecule has 1 unspecified atom stereocenters. The van der Waals surface area contributed by atoms with Crippen LogP contribution >= 0.6 is 0 Å². The van der Waals surface area contributed by atoms with E-state index in [2.05, 4.69) is 65.1 Å². The highest BCUT2D eigenvalue weighted by atomic mass is 14.2. The summed E-state index contributed by atoms with van der Waals surface area (Å²) in [6.45, 7) is 26.7. The molecule has 0 saturated heterocycles. The molecule has 0 saturated carbocycles. The Bertz CT molecular complexity index is 526. The van der Waals surface area contributed by atoms with Gasteiger partial charge in [0.2, 0.25) is 0 Å². The Balaban J connectivity index is 0. The maximum atomic E-state index is 4.01. The molecule has 1 aromatic carbocycles. The van der Waals surface area contributed by atoms with Crippen molar-refractivity contribution in [2.24, 2.45) is 5.92 Å². The summed E-state index contributed by atoms with van der Waals surface area (Å²) >= 11 is 0. The van der Waals surface area contributed by atoms with Crippen LogP contribution in [-0.2, 0) is 0 Å². The van der Waals surface area contributed by atoms with Crippen LogP contribution in [0.1, 0.15) is 85.8 Å². The second kappa shape index (κ2) is 14.8. The van der Waals surface area contributed by atoms with Crippen molar-refractivity contribution in [3.63, 3.8) is 0 Å². The molecule has 0 heterocycles. The van der Waals surface area contributed by atoms with Crippen molar-refractivity contribution >= 4 is 5.57 Å². The Morgan fingerprint density at radius 1 is 0.880 bits per heavy atom. The Morgan fingerprint density at radius 2 is 1.36 bits per heavy atom. The zero-order valence-corrected chi connectivity index (χ0v) is 18.4. The molecule has 0 radical (unpaired) electrons. The van der Waals surface area contributed by atoms with Crippen LogP contribution in [0.25, 0.3) is 5.57 Å². The summed E-state index contributed by atoms with van der Waals surface area (Å²) in [5.41, 5.74) is 8.03. The minimum Gasteiger partial charge on any atom is -0.0958 e. The lowest BCUT2D eigenvalue weighted by Gasteiger charge is -2.23. The summed E-state index contributed by atoms with van der Waals surface area (Å²) in [5, 5.41) is 0. The van der Waals surface area contributed by atoms with Crippen LogP contribution in [0.15, 0.2) is 54.1 Å². The zero-order valence-electron chi connectivity index (χ0n) is 18.4. The minimum absolute atomic E-state index is 0.787. The number of hydrogen-bond acceptors (Lipinski definition) is 0. The standard InChI is InChI=1S/C11H18.C10H12.2C2H6/c1-8(2)11-7-5-6-9(3)10(11)4;1-8(2)10-6-4-9(3)5-7-10;2*1-2/h9H,1,5-7H2,2-4H3;4-7H,1H2,2-3H3;2*1-2H3. The third-order valence-electron chi connectivity index (χ3n) is 4.34. The van der Waals surface area contributed by atoms with Crippen molar-refractivity contribution in [3.8, 4) is 0 Å². The summed E-state index contributed by atoms with van der Waals surface area (Å²) in [5.74, 6) is 0.787. The molecular formula is C25H42. The molecule has 0 amide bonds. The van der Waals surface area contributed by atoms with E-state index in [0.717, 1.165) is 11.5 Å². The average Bonchev–Trinajstić information content (AvgIpc) is 2.61. The molecule has 1 aromatic rings. The molecule has 2 rings (SSSR count). The van der Waals surface area contributed by atoms with E-state index in [0.29, 0.717) is 0 Å². The number of hydrogen-bond donors (Lipinski definition) is 0. The average molecular weight is 343 g/mol. The lowest BCUT2D eigenvalue weighted by atomic mass is 9.82. The van der Waals surface area contributed by atoms with Crippen molar-refractivity contribution in [3.05, 3.63) is 65.3 Å². The topological polar surface area (TPSA) is 0 Å². The molecule has 0 nitrogen and oxygen atoms in total. The van der Waals surface area contributed by atoms with Gasteiger partial charge in [-0.25, -0.2) is 0 Å². The smallest absolute Gasteiger partial charge is 0.0228 e. The van der Waals surface area contributed by atoms with E-state index in [9.17, 15) is 0 Å². The molecule has 0 N–H and O–H groups in total. The van der Waals surface area contributed by atoms with E-state index in [1.807, 2.05) is 34.6 Å². The van der Waals surface area contributed by atoms with Crippen molar-refractivity contribution in [2.75, 3.05) is 0 Å². The molecule has 0 fully saturated rings. The molecule has 1 aliphatic rings. The van der Waals surface area contributed by atoms with Gasteiger partial charge in [0.05, 0.1) is 0 Å². The lowest BCUT2D eigenvalue weighted by molar-refractivity contribution is 0.538. The van der Waals surface area contributed by atoms with Gasteiger partial charge in [0.1, 0.15) is 0 Å². The Morgan fingerprint density at radius 3 is 1.72 bits per heavy atom. The molecule has 25 heavy (non-hydrogen) atoms. The van der Waals surface area contributed by atoms with Gasteiger partial charge in [-0.05, 0) is 64.0 Å². The predicted octanol–water partition coefficient (Wildman–Crippen LogP) is 8.78. The Hall–Kier alpha value is -1.56. The van der Waals surface area contributed by atoms with E-state index >= 15 is 0 Å². The highest BCUT2D eigenvalue weighted by molar-refractivity contribution is 5.61. The third kappa shape index (κ3) is 10.1. The molecule has 0 bridgehead atoms. The maximum Gasteiger partial charge on any atom is -0.0228 e. The van der Waals surface area contributed by atoms with E-state index in [1.54, 1.807) is 5.57 Å². The molecule has 0 heteroatoms. The molecule has 0 spiro atoms. The maximum absolute atomic E-state index is 4.01. The fraction of sp³-hybridized carbons (Fsp3) is 0.520. The lowest BCUT2D eigenvalue weighted by Crippen LogP contribution is -2.07. The van der Waals surface area contributed by atoms with Gasteiger partial charge in [-0.2, -0.15) is 0 Å². The monoisotopic (exact) mass is 342 g/mol. The van der Waals surface area contributed by atoms with Gasteiger partial charge in [-0.1, -0.05) is 94.3 Å². The summed E-state index contributed by atoms with van der Waals surface area (Å²) in [6, 6.07) is 8.39. The quantitative estimate of drug-likeness (QED) is 0.503. The van der Waals surface area contributed by atoms with E-state index in [-0.39, 0.29) is 0 Å². The van der Waals surface area contributed by atoms with Crippen LogP contribution in [0, 0.1) is 12.8 Å². The molecule has 142 valence electrons. The summed E-state index contributed by atoms with van der Waals surface area (Å²) in [4.78, 5) is 0. The Labute approximate surface area is 158 Å². The zero-order chi connectivity index (χ0) is 20.0. The summed E-state index contributed by atoms with van der Waals surface area (Å²) in [7, 11) is 0. The van der Waals surface area contributed by atoms with Gasteiger partial charge >= 0.3 is 0 Å². The third-order valence-corrected chi connectivity index (χ3v) is 4.34. The Kier molecular flexibility index (Phi) is 15.2. The highest BCUT2D eigenvalue weighted by Gasteiger charge is 2.15. The van der Waals surface area contributed by atoms with Crippen LogP contribution in [0.2, 0.25) is 0 Å². The normalized spacial score (nSPS) is 15.5. The first-order valence-corrected chi connectivity index (χ1v) is 9.91. The number of allylic oxidation sites excluding steroid dienone is 4. The largest absolute Gasteiger partial charge is 0.0958 e. The number of aryl methyl sites for hydroxylation is 1. The number of rotatable bonds is 2. The molecule has 0 aromatic heterocycles. The minimum atomic E-state index is 0.787. The first kappa shape index (κ1) is 25.7. The van der Waals surface area contributed by atoms with Crippen molar-refractivity contribution in [2.45, 2.75) is 81.6 Å². The van der Waals surface area contributed by atoms with Gasteiger partial charge in [0.25, 0.3) is 0 Å². The van der Waals surface area contributed by atoms with E-state index in [4.69, 9.17) is 0 Å². The predicted molar refractivity (Wildman–Crippen MR) is 119 cm³/mol. The second-order valence-electron chi connectivity index (χ2n) is 6.38. The van der Waals surface area contributed by atoms with Crippen LogP contribution < -0.4 is 0 Å². The highest BCUT2D eigenvalue weighted by Crippen LogP contribution is 2.32. The van der Waals surface area contributed by atoms with Crippen LogP contribution in [0.4, 0.5) is 0 Å². The van der Waals surface area contributed by atoms with Crippen LogP contribution in [-0.4, -0.2) is 0 Å². The SMILES string of the molecule is C=C(C)C1=C(C)C(C)CCC1.C=C(C)c1ccc(C)cc1.CC.CC. The van der Waals surface area contributed by atoms with E-state index in [1.165, 1.54) is 41.5 Å². The second-order valence-corrected chi connectivity index (χ2v) is 6.38. The van der Waals surface area contributed by atoms with Gasteiger partial charge in [0, 0.05) is 0 Å². The van der Waals surface area contributed by atoms with Crippen LogP contribution in [0.3, 0.4) is 0 Å². The summed E-state index contributed by atoms with van der Waals surface area (Å²) < 4.78 is 0. The van der Waals surface area contributed by atoms with Gasteiger partial charge < -0.3 is 0 Å². The molecule has 1 atom stereocenters. The fourth-order valence-electron chi connectivity index (χ4n) is 2.68. The molecule has 0 aliphatic heterocycles.